The van der Waals surface area contributed by atoms with Crippen LogP contribution in [0.3, 0.4) is 0 Å². The Kier molecular flexibility index (Phi) is 5.14. The average Bonchev–Trinajstić information content (AvgIpc) is 3.16. The van der Waals surface area contributed by atoms with Crippen LogP contribution in [-0.2, 0) is 29.9 Å². The number of aliphatic hydroxyl groups is 2. The number of hydrogen-bond acceptors (Lipinski definition) is 5. The van der Waals surface area contributed by atoms with Gasteiger partial charge in [0.05, 0.1) is 29.0 Å². The Morgan fingerprint density at radius 1 is 1.30 bits per heavy atom. The highest BCUT2D eigenvalue weighted by atomic mass is 19.1. The Labute approximate surface area is 191 Å². The second-order valence-electron chi connectivity index (χ2n) is 8.94. The number of hydrogen-bond donors (Lipinski definition) is 2. The molecule has 7 heteroatoms. The Morgan fingerprint density at radius 2 is 2.09 bits per heavy atom. The van der Waals surface area contributed by atoms with Gasteiger partial charge in [0, 0.05) is 29.2 Å². The van der Waals surface area contributed by atoms with Crippen molar-refractivity contribution in [2.75, 3.05) is 6.61 Å². The molecule has 0 unspecified atom stereocenters. The summed E-state index contributed by atoms with van der Waals surface area (Å²) in [5, 5.41) is 21.2. The van der Waals surface area contributed by atoms with Crippen molar-refractivity contribution in [1.82, 2.24) is 9.55 Å². The quantitative estimate of drug-likeness (QED) is 0.452. The van der Waals surface area contributed by atoms with Gasteiger partial charge in [-0.2, -0.15) is 0 Å². The third kappa shape index (κ3) is 3.14. The van der Waals surface area contributed by atoms with E-state index in [2.05, 4.69) is 6.58 Å². The van der Waals surface area contributed by atoms with Crippen molar-refractivity contribution >= 4 is 10.9 Å². The number of unbranched alkanes of at least 4 members (excludes halogenated alkanes) is 1. The number of aromatic nitrogens is 2. The van der Waals surface area contributed by atoms with Crippen LogP contribution in [0.1, 0.15) is 54.0 Å². The first kappa shape index (κ1) is 21.8. The van der Waals surface area contributed by atoms with Gasteiger partial charge < -0.3 is 19.5 Å². The van der Waals surface area contributed by atoms with E-state index in [1.165, 1.54) is 6.07 Å². The van der Waals surface area contributed by atoms with E-state index in [4.69, 9.17) is 14.8 Å². The molecule has 2 aromatic heterocycles. The summed E-state index contributed by atoms with van der Waals surface area (Å²) in [7, 11) is 0. The third-order valence-electron chi connectivity index (χ3n) is 7.15. The van der Waals surface area contributed by atoms with Crippen LogP contribution in [0.5, 0.6) is 0 Å². The first-order chi connectivity index (χ1) is 15.8. The SMILES string of the molecule is C=C1OCc2c(cc3n(c2=O)Cc2cc4c(CCCCO)c(C)c(F)cc4nc2-3)[C@@]1(O)CC. The van der Waals surface area contributed by atoms with Gasteiger partial charge in [-0.05, 0) is 55.9 Å². The molecule has 1 aromatic carbocycles. The van der Waals surface area contributed by atoms with Gasteiger partial charge in [0.15, 0.2) is 0 Å². The summed E-state index contributed by atoms with van der Waals surface area (Å²) in [6, 6.07) is 5.26. The van der Waals surface area contributed by atoms with Crippen molar-refractivity contribution in [1.29, 1.82) is 0 Å². The minimum Gasteiger partial charge on any atom is -0.490 e. The topological polar surface area (TPSA) is 84.6 Å². The number of fused-ring (bicyclic) bond motifs is 5. The van der Waals surface area contributed by atoms with Crippen LogP contribution < -0.4 is 5.56 Å². The molecule has 0 saturated carbocycles. The lowest BCUT2D eigenvalue weighted by Crippen LogP contribution is -2.38. The zero-order chi connectivity index (χ0) is 23.5. The normalized spacial score (nSPS) is 18.8. The number of aliphatic hydroxyl groups excluding tert-OH is 1. The average molecular weight is 451 g/mol. The minimum atomic E-state index is -1.44. The standard InChI is InChI=1S/C26H27FN2O4/c1-4-26(32)15(3)33-13-19-20(26)10-23-24-16(12-29(23)25(19)31)9-18-17(7-5-6-8-30)14(2)21(27)11-22(18)28-24/h9-11,30,32H,3-8,12-13H2,1-2H3/t26-/m1/s1. The van der Waals surface area contributed by atoms with Crippen molar-refractivity contribution in [2.24, 2.45) is 0 Å². The van der Waals surface area contributed by atoms with E-state index in [9.17, 15) is 14.3 Å². The van der Waals surface area contributed by atoms with Gasteiger partial charge in [-0.15, -0.1) is 0 Å². The van der Waals surface area contributed by atoms with E-state index < -0.39 is 5.60 Å². The Balaban J connectivity index is 1.71. The summed E-state index contributed by atoms with van der Waals surface area (Å²) in [5.41, 5.74) is 3.42. The monoisotopic (exact) mass is 450 g/mol. The molecule has 0 bridgehead atoms. The van der Waals surface area contributed by atoms with Gasteiger partial charge in [0.25, 0.3) is 5.56 Å². The van der Waals surface area contributed by atoms with E-state index in [1.54, 1.807) is 11.5 Å². The lowest BCUT2D eigenvalue weighted by molar-refractivity contribution is -0.0172. The number of halogens is 1. The van der Waals surface area contributed by atoms with E-state index in [0.29, 0.717) is 59.4 Å². The van der Waals surface area contributed by atoms with Gasteiger partial charge in [-0.25, -0.2) is 9.37 Å². The van der Waals surface area contributed by atoms with Crippen LogP contribution in [0.15, 0.2) is 35.3 Å². The summed E-state index contributed by atoms with van der Waals surface area (Å²) < 4.78 is 21.9. The molecule has 0 amide bonds. The molecular formula is C26H27FN2O4. The fourth-order valence-electron chi connectivity index (χ4n) is 5.11. The van der Waals surface area contributed by atoms with Crippen molar-refractivity contribution in [3.8, 4) is 11.4 Å². The van der Waals surface area contributed by atoms with Crippen LogP contribution in [0.2, 0.25) is 0 Å². The van der Waals surface area contributed by atoms with Gasteiger partial charge in [0.2, 0.25) is 0 Å². The highest BCUT2D eigenvalue weighted by molar-refractivity contribution is 5.88. The predicted molar refractivity (Wildman–Crippen MR) is 123 cm³/mol. The Morgan fingerprint density at radius 3 is 2.82 bits per heavy atom. The molecule has 1 atom stereocenters. The molecular weight excluding hydrogens is 423 g/mol. The first-order valence-electron chi connectivity index (χ1n) is 11.3. The second kappa shape index (κ2) is 7.78. The second-order valence-corrected chi connectivity index (χ2v) is 8.94. The van der Waals surface area contributed by atoms with Crippen LogP contribution in [-0.4, -0.2) is 26.4 Å². The largest absolute Gasteiger partial charge is 0.490 e. The Hall–Kier alpha value is -3.03. The first-order valence-corrected chi connectivity index (χ1v) is 11.3. The van der Waals surface area contributed by atoms with Gasteiger partial charge in [-0.3, -0.25) is 4.79 Å². The van der Waals surface area contributed by atoms with Crippen LogP contribution >= 0.6 is 0 Å². The highest BCUT2D eigenvalue weighted by Gasteiger charge is 2.41. The molecule has 0 fully saturated rings. The molecule has 4 heterocycles. The maximum Gasteiger partial charge on any atom is 0.258 e. The fraction of sp³-hybridized carbons (Fsp3) is 0.385. The minimum absolute atomic E-state index is 0.0702. The van der Waals surface area contributed by atoms with E-state index in [-0.39, 0.29) is 30.3 Å². The molecule has 33 heavy (non-hydrogen) atoms. The zero-order valence-electron chi connectivity index (χ0n) is 18.9. The maximum absolute atomic E-state index is 14.7. The lowest BCUT2D eigenvalue weighted by atomic mass is 9.84. The molecule has 3 aromatic rings. The van der Waals surface area contributed by atoms with Gasteiger partial charge in [0.1, 0.15) is 23.8 Å². The summed E-state index contributed by atoms with van der Waals surface area (Å²) in [5.74, 6) is -0.0832. The van der Waals surface area contributed by atoms with Crippen LogP contribution in [0, 0.1) is 12.7 Å². The lowest BCUT2D eigenvalue weighted by Gasteiger charge is -2.35. The van der Waals surface area contributed by atoms with Gasteiger partial charge >= 0.3 is 0 Å². The van der Waals surface area contributed by atoms with Crippen molar-refractivity contribution in [2.45, 2.75) is 58.3 Å². The molecule has 0 spiro atoms. The van der Waals surface area contributed by atoms with Crippen LogP contribution in [0.25, 0.3) is 22.3 Å². The van der Waals surface area contributed by atoms with E-state index in [0.717, 1.165) is 22.9 Å². The molecule has 0 saturated heterocycles. The number of aryl methyl sites for hydroxylation is 1. The maximum atomic E-state index is 14.7. The summed E-state index contributed by atoms with van der Waals surface area (Å²) >= 11 is 0. The van der Waals surface area contributed by atoms with Gasteiger partial charge in [-0.1, -0.05) is 13.5 Å². The summed E-state index contributed by atoms with van der Waals surface area (Å²) in [4.78, 5) is 18.1. The summed E-state index contributed by atoms with van der Waals surface area (Å²) in [6.45, 7) is 7.96. The van der Waals surface area contributed by atoms with Crippen LogP contribution in [0.4, 0.5) is 4.39 Å². The molecule has 5 rings (SSSR count). The summed E-state index contributed by atoms with van der Waals surface area (Å²) in [6.07, 6.45) is 2.36. The number of nitrogens with zero attached hydrogens (tertiary/aromatic N) is 2. The molecule has 172 valence electrons. The molecule has 6 nitrogen and oxygen atoms in total. The zero-order valence-corrected chi connectivity index (χ0v) is 18.9. The smallest absolute Gasteiger partial charge is 0.258 e. The molecule has 0 aliphatic carbocycles. The number of pyridine rings is 2. The van der Waals surface area contributed by atoms with Crippen molar-refractivity contribution in [3.05, 3.63) is 74.5 Å². The van der Waals surface area contributed by atoms with Crippen molar-refractivity contribution in [3.63, 3.8) is 0 Å². The molecule has 2 aliphatic rings. The third-order valence-corrected chi connectivity index (χ3v) is 7.15. The Bertz CT molecular complexity index is 1380. The van der Waals surface area contributed by atoms with Crippen molar-refractivity contribution < 1.29 is 19.3 Å². The molecule has 2 N–H and O–H groups in total. The van der Waals surface area contributed by atoms with E-state index in [1.807, 2.05) is 19.1 Å². The number of ether oxygens (including phenoxy) is 1. The number of rotatable bonds is 5. The molecule has 0 radical (unpaired) electrons. The molecule has 2 aliphatic heterocycles. The van der Waals surface area contributed by atoms with E-state index >= 15 is 0 Å². The predicted octanol–water partition coefficient (Wildman–Crippen LogP) is 3.83. The number of benzene rings is 1. The highest BCUT2D eigenvalue weighted by Crippen LogP contribution is 2.42. The fourth-order valence-corrected chi connectivity index (χ4v) is 5.11.